The predicted molar refractivity (Wildman–Crippen MR) is 86.2 cm³/mol. The van der Waals surface area contributed by atoms with E-state index in [4.69, 9.17) is 0 Å². The molecule has 1 unspecified atom stereocenters. The summed E-state index contributed by atoms with van der Waals surface area (Å²) in [6, 6.07) is 8.01. The lowest BCUT2D eigenvalue weighted by Gasteiger charge is -2.32. The molecule has 6 nitrogen and oxygen atoms in total. The predicted octanol–water partition coefficient (Wildman–Crippen LogP) is 2.91. The van der Waals surface area contributed by atoms with Crippen LogP contribution in [0.15, 0.2) is 42.5 Å². The Morgan fingerprint density at radius 2 is 1.75 bits per heavy atom. The summed E-state index contributed by atoms with van der Waals surface area (Å²) in [5.41, 5.74) is -4.56. The highest BCUT2D eigenvalue weighted by Gasteiger charge is 2.67. The smallest absolute Gasteiger partial charge is 0.313 e. The van der Waals surface area contributed by atoms with Gasteiger partial charge in [0.2, 0.25) is 5.95 Å². The highest BCUT2D eigenvalue weighted by Crippen LogP contribution is 2.44. The van der Waals surface area contributed by atoms with E-state index in [0.29, 0.717) is 16.7 Å². The van der Waals surface area contributed by atoms with Gasteiger partial charge >= 0.3 is 6.18 Å². The maximum Gasteiger partial charge on any atom is 0.440 e. The van der Waals surface area contributed by atoms with E-state index in [-0.39, 0.29) is 11.1 Å². The first-order valence-electron chi connectivity index (χ1n) is 7.79. The number of hydrogen-bond donors (Lipinski definition) is 2. The Balaban J connectivity index is 1.95. The number of nitrogens with zero attached hydrogens (tertiary/aromatic N) is 2. The molecule has 11 heteroatoms. The molecule has 28 heavy (non-hydrogen) atoms. The number of amides is 2. The van der Waals surface area contributed by atoms with Crippen LogP contribution in [-0.4, -0.2) is 27.5 Å². The van der Waals surface area contributed by atoms with E-state index in [0.717, 1.165) is 0 Å². The molecule has 0 spiro atoms. The molecule has 4 rings (SSSR count). The molecule has 2 aromatic carbocycles. The van der Waals surface area contributed by atoms with Gasteiger partial charge in [-0.05, 0) is 12.1 Å². The topological polar surface area (TPSA) is 76.0 Å². The third-order valence-electron chi connectivity index (χ3n) is 4.33. The molecule has 0 saturated heterocycles. The van der Waals surface area contributed by atoms with Gasteiger partial charge in [0.05, 0.1) is 11.0 Å². The molecule has 144 valence electrons. The molecule has 1 aliphatic heterocycles. The minimum Gasteiger partial charge on any atom is -0.313 e. The molecular formula is C17H9F5N4O2. The van der Waals surface area contributed by atoms with Crippen LogP contribution in [0.1, 0.15) is 10.4 Å². The van der Waals surface area contributed by atoms with Crippen molar-refractivity contribution in [3.05, 3.63) is 59.7 Å². The first-order chi connectivity index (χ1) is 13.1. The van der Waals surface area contributed by atoms with Crippen molar-refractivity contribution in [3.63, 3.8) is 0 Å². The number of nitrogens with one attached hydrogen (secondary N) is 2. The molecule has 3 aromatic rings. The Morgan fingerprint density at radius 1 is 1.11 bits per heavy atom. The van der Waals surface area contributed by atoms with Crippen LogP contribution in [0.4, 0.5) is 27.9 Å². The minimum atomic E-state index is -5.33. The van der Waals surface area contributed by atoms with E-state index in [9.17, 15) is 31.5 Å². The highest BCUT2D eigenvalue weighted by atomic mass is 19.4. The van der Waals surface area contributed by atoms with Crippen molar-refractivity contribution < 1.29 is 31.5 Å². The van der Waals surface area contributed by atoms with Gasteiger partial charge in [-0.25, -0.2) is 13.8 Å². The zero-order chi connectivity index (χ0) is 20.3. The molecule has 0 radical (unpaired) electrons. The maximum absolute atomic E-state index is 14.1. The van der Waals surface area contributed by atoms with Crippen LogP contribution in [0.5, 0.6) is 0 Å². The summed E-state index contributed by atoms with van der Waals surface area (Å²) >= 11 is 0. The van der Waals surface area contributed by atoms with Crippen LogP contribution >= 0.6 is 0 Å². The largest absolute Gasteiger partial charge is 0.440 e. The fraction of sp³-hybridized carbons (Fsp3) is 0.118. The van der Waals surface area contributed by atoms with E-state index in [1.54, 1.807) is 11.4 Å². The Labute approximate surface area is 153 Å². The van der Waals surface area contributed by atoms with Crippen molar-refractivity contribution in [1.29, 1.82) is 0 Å². The number of carbonyl (C=O) groups is 2. The summed E-state index contributed by atoms with van der Waals surface area (Å²) in [5.74, 6) is -6.17. The van der Waals surface area contributed by atoms with Crippen LogP contribution in [0, 0.1) is 11.6 Å². The molecule has 2 heterocycles. The molecule has 0 bridgehead atoms. The summed E-state index contributed by atoms with van der Waals surface area (Å²) in [5, 5.41) is 3.61. The van der Waals surface area contributed by atoms with Gasteiger partial charge in [0.15, 0.2) is 11.6 Å². The highest BCUT2D eigenvalue weighted by molar-refractivity contribution is 6.07. The van der Waals surface area contributed by atoms with Crippen molar-refractivity contribution >= 4 is 28.8 Å². The maximum atomic E-state index is 14.1. The number of halogens is 5. The second kappa shape index (κ2) is 5.75. The Morgan fingerprint density at radius 3 is 2.39 bits per heavy atom. The summed E-state index contributed by atoms with van der Waals surface area (Å²) < 4.78 is 69.8. The number of hydrogen-bond acceptors (Lipinski definition) is 3. The van der Waals surface area contributed by atoms with Gasteiger partial charge in [-0.3, -0.25) is 19.5 Å². The standard InChI is InChI=1S/C17H9F5N4O2/c18-9-6-11-12(7-10(9)19)26-15(23-11)24-14(28)16(26,17(20,21)22)25-13(27)8-4-2-1-3-5-8/h1-7H,(H,25,27)(H,23,24,28). The first-order valence-corrected chi connectivity index (χ1v) is 7.79. The van der Waals surface area contributed by atoms with E-state index < -0.39 is 46.8 Å². The van der Waals surface area contributed by atoms with Gasteiger partial charge in [-0.1, -0.05) is 18.2 Å². The fourth-order valence-corrected chi connectivity index (χ4v) is 3.05. The lowest BCUT2D eigenvalue weighted by Crippen LogP contribution is -2.63. The van der Waals surface area contributed by atoms with Crippen molar-refractivity contribution in [2.24, 2.45) is 0 Å². The number of anilines is 1. The van der Waals surface area contributed by atoms with E-state index >= 15 is 0 Å². The molecule has 0 saturated carbocycles. The van der Waals surface area contributed by atoms with Crippen LogP contribution in [0.2, 0.25) is 0 Å². The average Bonchev–Trinajstić information content (AvgIpc) is 3.10. The van der Waals surface area contributed by atoms with Gasteiger partial charge in [0.25, 0.3) is 17.5 Å². The number of imidazole rings is 1. The Kier molecular flexibility index (Phi) is 3.67. The third-order valence-corrected chi connectivity index (χ3v) is 4.33. The van der Waals surface area contributed by atoms with Crippen LogP contribution in [0.3, 0.4) is 0 Å². The molecule has 1 aromatic heterocycles. The third kappa shape index (κ3) is 2.35. The lowest BCUT2D eigenvalue weighted by atomic mass is 10.1. The summed E-state index contributed by atoms with van der Waals surface area (Å²) in [6.45, 7) is 0. The quantitative estimate of drug-likeness (QED) is 0.654. The van der Waals surface area contributed by atoms with Crippen molar-refractivity contribution in [1.82, 2.24) is 14.9 Å². The Hall–Kier alpha value is -3.50. The van der Waals surface area contributed by atoms with Gasteiger partial charge in [0, 0.05) is 17.7 Å². The number of benzene rings is 2. The zero-order valence-corrected chi connectivity index (χ0v) is 13.6. The minimum absolute atomic E-state index is 0.131. The lowest BCUT2D eigenvalue weighted by molar-refractivity contribution is -0.213. The molecule has 0 aliphatic carbocycles. The second-order valence-electron chi connectivity index (χ2n) is 6.01. The molecule has 0 fully saturated rings. The number of fused-ring (bicyclic) bond motifs is 3. The monoisotopic (exact) mass is 396 g/mol. The van der Waals surface area contributed by atoms with Crippen molar-refractivity contribution in [2.75, 3.05) is 5.32 Å². The van der Waals surface area contributed by atoms with E-state index in [1.165, 1.54) is 24.3 Å². The molecule has 1 aliphatic rings. The van der Waals surface area contributed by atoms with Gasteiger partial charge in [0.1, 0.15) is 0 Å². The molecular weight excluding hydrogens is 387 g/mol. The van der Waals surface area contributed by atoms with E-state index in [2.05, 4.69) is 4.98 Å². The summed E-state index contributed by atoms with van der Waals surface area (Å²) in [6.07, 6.45) is -5.33. The number of alkyl halides is 3. The SMILES string of the molecule is O=C(NC1(C(F)(F)F)C(=O)Nc2nc3cc(F)c(F)cc3n21)c1ccccc1. The zero-order valence-electron chi connectivity index (χ0n) is 13.6. The number of rotatable bonds is 2. The van der Waals surface area contributed by atoms with E-state index in [1.807, 2.05) is 5.32 Å². The average molecular weight is 396 g/mol. The van der Waals surface area contributed by atoms with Gasteiger partial charge < -0.3 is 5.32 Å². The fourth-order valence-electron chi connectivity index (χ4n) is 3.05. The number of carbonyl (C=O) groups excluding carboxylic acids is 2. The molecule has 1 atom stereocenters. The van der Waals surface area contributed by atoms with Gasteiger partial charge in [-0.2, -0.15) is 13.2 Å². The van der Waals surface area contributed by atoms with Crippen LogP contribution in [0.25, 0.3) is 11.0 Å². The molecule has 2 N–H and O–H groups in total. The molecule has 2 amide bonds. The first kappa shape index (κ1) is 17.9. The summed E-state index contributed by atoms with van der Waals surface area (Å²) in [4.78, 5) is 28.5. The van der Waals surface area contributed by atoms with Crippen molar-refractivity contribution in [3.8, 4) is 0 Å². The normalized spacial score (nSPS) is 18.8. The second-order valence-corrected chi connectivity index (χ2v) is 6.01. The van der Waals surface area contributed by atoms with Crippen LogP contribution < -0.4 is 10.6 Å². The van der Waals surface area contributed by atoms with Crippen LogP contribution in [-0.2, 0) is 10.5 Å². The van der Waals surface area contributed by atoms with Crippen molar-refractivity contribution in [2.45, 2.75) is 11.8 Å². The number of aromatic nitrogens is 2. The Bertz CT molecular complexity index is 1130. The summed E-state index contributed by atoms with van der Waals surface area (Å²) in [7, 11) is 0. The van der Waals surface area contributed by atoms with Gasteiger partial charge in [-0.15, -0.1) is 0 Å².